The van der Waals surface area contributed by atoms with Gasteiger partial charge in [0.1, 0.15) is 12.4 Å². The largest absolute Gasteiger partial charge is 0.491 e. The van der Waals surface area contributed by atoms with Gasteiger partial charge in [-0.1, -0.05) is 30.3 Å². The van der Waals surface area contributed by atoms with Crippen molar-refractivity contribution in [3.63, 3.8) is 0 Å². The summed E-state index contributed by atoms with van der Waals surface area (Å²) in [5, 5.41) is 6.99. The normalized spacial score (nSPS) is 11.5. The van der Waals surface area contributed by atoms with Gasteiger partial charge < -0.3 is 15.4 Å². The van der Waals surface area contributed by atoms with Crippen LogP contribution in [0, 0.1) is 6.92 Å². The van der Waals surface area contributed by atoms with E-state index in [1.54, 1.807) is 0 Å². The van der Waals surface area contributed by atoms with Crippen molar-refractivity contribution in [1.82, 2.24) is 5.32 Å². The van der Waals surface area contributed by atoms with Crippen LogP contribution in [0.3, 0.4) is 0 Å². The van der Waals surface area contributed by atoms with Gasteiger partial charge in [-0.25, -0.2) is 0 Å². The number of nitrogens with one attached hydrogen (secondary N) is 2. The number of hydrogen-bond acceptors (Lipinski definition) is 2. The first-order valence-electron chi connectivity index (χ1n) is 6.95. The number of rotatable bonds is 5. The van der Waals surface area contributed by atoms with Crippen molar-refractivity contribution in [3.05, 3.63) is 60.2 Å². The molecule has 21 heavy (non-hydrogen) atoms. The number of benzene rings is 2. The summed E-state index contributed by atoms with van der Waals surface area (Å²) in [6.45, 7) is 4.64. The highest BCUT2D eigenvalue weighted by atomic mass is 32.1. The topological polar surface area (TPSA) is 33.3 Å². The van der Waals surface area contributed by atoms with Crippen LogP contribution in [0.15, 0.2) is 54.6 Å². The number of para-hydroxylation sites is 1. The zero-order valence-corrected chi connectivity index (χ0v) is 13.1. The van der Waals surface area contributed by atoms with Crippen molar-refractivity contribution in [2.45, 2.75) is 19.9 Å². The van der Waals surface area contributed by atoms with E-state index < -0.39 is 0 Å². The molecule has 2 aromatic rings. The Morgan fingerprint density at radius 3 is 2.62 bits per heavy atom. The molecular weight excluding hydrogens is 280 g/mol. The summed E-state index contributed by atoms with van der Waals surface area (Å²) in [6.07, 6.45) is 0. The molecule has 0 aromatic heterocycles. The summed E-state index contributed by atoms with van der Waals surface area (Å²) in [5.41, 5.74) is 2.19. The molecule has 110 valence electrons. The van der Waals surface area contributed by atoms with E-state index in [-0.39, 0.29) is 6.04 Å². The van der Waals surface area contributed by atoms with Gasteiger partial charge in [0, 0.05) is 5.69 Å². The van der Waals surface area contributed by atoms with Crippen LogP contribution in [0.2, 0.25) is 0 Å². The summed E-state index contributed by atoms with van der Waals surface area (Å²) in [4.78, 5) is 0. The van der Waals surface area contributed by atoms with Gasteiger partial charge >= 0.3 is 0 Å². The monoisotopic (exact) mass is 300 g/mol. The third-order valence-corrected chi connectivity index (χ3v) is 3.12. The molecule has 0 radical (unpaired) electrons. The fourth-order valence-corrected chi connectivity index (χ4v) is 2.21. The van der Waals surface area contributed by atoms with Crippen molar-refractivity contribution in [2.75, 3.05) is 11.9 Å². The molecule has 0 heterocycles. The summed E-state index contributed by atoms with van der Waals surface area (Å²) < 4.78 is 5.69. The Labute approximate surface area is 131 Å². The molecule has 0 aliphatic heterocycles. The molecule has 0 saturated heterocycles. The molecule has 0 aliphatic rings. The number of ether oxygens (including phenoxy) is 1. The van der Waals surface area contributed by atoms with Crippen LogP contribution in [-0.2, 0) is 0 Å². The van der Waals surface area contributed by atoms with Gasteiger partial charge in [-0.15, -0.1) is 0 Å². The molecule has 0 aliphatic carbocycles. The van der Waals surface area contributed by atoms with Crippen LogP contribution < -0.4 is 15.4 Å². The molecule has 2 rings (SSSR count). The van der Waals surface area contributed by atoms with Gasteiger partial charge in [-0.2, -0.15) is 0 Å². The highest BCUT2D eigenvalue weighted by molar-refractivity contribution is 7.80. The first-order chi connectivity index (χ1) is 10.1. The third kappa shape index (κ3) is 5.44. The SMILES string of the molecule is Cc1cccc(NC(=S)N[C@@H](C)COc2ccccc2)c1. The third-order valence-electron chi connectivity index (χ3n) is 2.90. The van der Waals surface area contributed by atoms with E-state index in [2.05, 4.69) is 29.7 Å². The summed E-state index contributed by atoms with van der Waals surface area (Å²) >= 11 is 5.31. The second kappa shape index (κ2) is 7.64. The van der Waals surface area contributed by atoms with Crippen molar-refractivity contribution < 1.29 is 4.74 Å². The van der Waals surface area contributed by atoms with E-state index >= 15 is 0 Å². The van der Waals surface area contributed by atoms with E-state index in [1.807, 2.05) is 49.4 Å². The predicted molar refractivity (Wildman–Crippen MR) is 91.9 cm³/mol. The van der Waals surface area contributed by atoms with Gasteiger partial charge in [-0.3, -0.25) is 0 Å². The maximum absolute atomic E-state index is 5.69. The molecule has 3 nitrogen and oxygen atoms in total. The zero-order chi connectivity index (χ0) is 15.1. The van der Waals surface area contributed by atoms with Gasteiger partial charge in [0.05, 0.1) is 6.04 Å². The maximum Gasteiger partial charge on any atom is 0.171 e. The molecule has 2 aromatic carbocycles. The van der Waals surface area contributed by atoms with Crippen LogP contribution in [-0.4, -0.2) is 17.8 Å². The van der Waals surface area contributed by atoms with Gasteiger partial charge in [0.25, 0.3) is 0 Å². The average Bonchev–Trinajstić information content (AvgIpc) is 2.46. The summed E-state index contributed by atoms with van der Waals surface area (Å²) in [7, 11) is 0. The van der Waals surface area contributed by atoms with Crippen molar-refractivity contribution >= 4 is 23.0 Å². The molecule has 0 fully saturated rings. The van der Waals surface area contributed by atoms with E-state index in [1.165, 1.54) is 5.56 Å². The minimum absolute atomic E-state index is 0.120. The quantitative estimate of drug-likeness (QED) is 0.824. The number of aryl methyl sites for hydroxylation is 1. The summed E-state index contributed by atoms with van der Waals surface area (Å²) in [6, 6.07) is 18.0. The number of hydrogen-bond donors (Lipinski definition) is 2. The minimum atomic E-state index is 0.120. The van der Waals surface area contributed by atoms with Crippen LogP contribution in [0.5, 0.6) is 5.75 Å². The molecule has 0 spiro atoms. The Kier molecular flexibility index (Phi) is 5.58. The van der Waals surface area contributed by atoms with Crippen LogP contribution in [0.25, 0.3) is 0 Å². The standard InChI is InChI=1S/C17H20N2OS/c1-13-7-6-8-15(11-13)19-17(21)18-14(2)12-20-16-9-4-3-5-10-16/h3-11,14H,12H2,1-2H3,(H2,18,19,21)/t14-/m0/s1. The first-order valence-corrected chi connectivity index (χ1v) is 7.36. The minimum Gasteiger partial charge on any atom is -0.491 e. The smallest absolute Gasteiger partial charge is 0.171 e. The van der Waals surface area contributed by atoms with Crippen LogP contribution >= 0.6 is 12.2 Å². The van der Waals surface area contributed by atoms with Gasteiger partial charge in [0.2, 0.25) is 0 Å². The molecule has 2 N–H and O–H groups in total. The molecule has 0 unspecified atom stereocenters. The van der Waals surface area contributed by atoms with E-state index in [0.717, 1.165) is 11.4 Å². The Bertz CT molecular complexity index is 586. The summed E-state index contributed by atoms with van der Waals surface area (Å²) in [5.74, 6) is 0.865. The zero-order valence-electron chi connectivity index (χ0n) is 12.3. The second-order valence-electron chi connectivity index (χ2n) is 4.99. The van der Waals surface area contributed by atoms with E-state index in [9.17, 15) is 0 Å². The van der Waals surface area contributed by atoms with Crippen LogP contribution in [0.1, 0.15) is 12.5 Å². The lowest BCUT2D eigenvalue weighted by molar-refractivity contribution is 0.287. The molecule has 4 heteroatoms. The van der Waals surface area contributed by atoms with E-state index in [0.29, 0.717) is 11.7 Å². The maximum atomic E-state index is 5.69. The fraction of sp³-hybridized carbons (Fsp3) is 0.235. The highest BCUT2D eigenvalue weighted by Crippen LogP contribution is 2.10. The Morgan fingerprint density at radius 2 is 1.90 bits per heavy atom. The number of anilines is 1. The van der Waals surface area contributed by atoms with Crippen molar-refractivity contribution in [2.24, 2.45) is 0 Å². The predicted octanol–water partition coefficient (Wildman–Crippen LogP) is 3.75. The van der Waals surface area contributed by atoms with Crippen LogP contribution in [0.4, 0.5) is 5.69 Å². The van der Waals surface area contributed by atoms with Crippen molar-refractivity contribution in [1.29, 1.82) is 0 Å². The highest BCUT2D eigenvalue weighted by Gasteiger charge is 2.05. The Balaban J connectivity index is 1.77. The lowest BCUT2D eigenvalue weighted by atomic mass is 10.2. The molecule has 1 atom stereocenters. The molecule has 0 saturated carbocycles. The molecule has 0 amide bonds. The lowest BCUT2D eigenvalue weighted by Crippen LogP contribution is -2.39. The van der Waals surface area contributed by atoms with Crippen molar-refractivity contribution in [3.8, 4) is 5.75 Å². The Morgan fingerprint density at radius 1 is 1.14 bits per heavy atom. The second-order valence-corrected chi connectivity index (χ2v) is 5.40. The lowest BCUT2D eigenvalue weighted by Gasteiger charge is -2.17. The van der Waals surface area contributed by atoms with E-state index in [4.69, 9.17) is 17.0 Å². The average molecular weight is 300 g/mol. The Hall–Kier alpha value is -2.07. The van der Waals surface area contributed by atoms with Gasteiger partial charge in [0.15, 0.2) is 5.11 Å². The van der Waals surface area contributed by atoms with Gasteiger partial charge in [-0.05, 0) is 55.9 Å². The fourth-order valence-electron chi connectivity index (χ4n) is 1.89. The number of thiocarbonyl (C=S) groups is 1. The first kappa shape index (κ1) is 15.3. The molecular formula is C17H20N2OS. The molecule has 0 bridgehead atoms.